The van der Waals surface area contributed by atoms with Crippen LogP contribution in [0.2, 0.25) is 0 Å². The summed E-state index contributed by atoms with van der Waals surface area (Å²) in [5.74, 6) is 0.382. The maximum absolute atomic E-state index is 11.8. The number of hydrogen-bond donors (Lipinski definition) is 0. The molecule has 4 aliphatic rings. The van der Waals surface area contributed by atoms with Crippen molar-refractivity contribution in [2.75, 3.05) is 13.6 Å². The molecule has 4 heterocycles. The lowest BCUT2D eigenvalue weighted by molar-refractivity contribution is -0.134. The Labute approximate surface area is 72.3 Å². The molecular formula is C9H14N2O. The van der Waals surface area contributed by atoms with Crippen molar-refractivity contribution in [2.24, 2.45) is 0 Å². The number of rotatable bonds is 0. The van der Waals surface area contributed by atoms with Gasteiger partial charge < -0.3 is 4.90 Å². The first-order valence-corrected chi connectivity index (χ1v) is 4.80. The molecule has 4 aliphatic heterocycles. The maximum Gasteiger partial charge on any atom is 0.244 e. The summed E-state index contributed by atoms with van der Waals surface area (Å²) < 4.78 is 0. The highest BCUT2D eigenvalue weighted by Crippen LogP contribution is 2.51. The van der Waals surface area contributed by atoms with E-state index in [-0.39, 0.29) is 5.54 Å². The minimum atomic E-state index is -0.0162. The van der Waals surface area contributed by atoms with Crippen LogP contribution in [0.4, 0.5) is 0 Å². The van der Waals surface area contributed by atoms with E-state index in [0.717, 1.165) is 19.4 Å². The van der Waals surface area contributed by atoms with Crippen LogP contribution in [0.1, 0.15) is 25.7 Å². The summed E-state index contributed by atoms with van der Waals surface area (Å²) in [4.78, 5) is 16.1. The summed E-state index contributed by atoms with van der Waals surface area (Å²) in [6.07, 6.45) is 5.18. The molecule has 1 spiro atoms. The zero-order valence-electron chi connectivity index (χ0n) is 7.42. The lowest BCUT2D eigenvalue weighted by atomic mass is 9.78. The average molecular weight is 166 g/mol. The molecule has 0 N–H and O–H groups in total. The summed E-state index contributed by atoms with van der Waals surface area (Å²) in [7, 11) is 1.94. The van der Waals surface area contributed by atoms with Gasteiger partial charge in [-0.2, -0.15) is 0 Å². The van der Waals surface area contributed by atoms with Crippen LogP contribution >= 0.6 is 0 Å². The smallest absolute Gasteiger partial charge is 0.244 e. The Morgan fingerprint density at radius 1 is 1.50 bits per heavy atom. The van der Waals surface area contributed by atoms with Crippen molar-refractivity contribution in [3.63, 3.8) is 0 Å². The molecule has 0 radical (unpaired) electrons. The van der Waals surface area contributed by atoms with Gasteiger partial charge in [0.1, 0.15) is 5.54 Å². The monoisotopic (exact) mass is 166 g/mol. The standard InChI is InChI=1S/C9H14N2O/c1-10-7-6-9(8(10)12)4-2-3-5-11(7)9/h7H,2-6H2,1H3. The second-order valence-electron chi connectivity index (χ2n) is 4.28. The summed E-state index contributed by atoms with van der Waals surface area (Å²) in [5, 5.41) is 0. The van der Waals surface area contributed by atoms with E-state index in [4.69, 9.17) is 0 Å². The lowest BCUT2D eigenvalue weighted by Gasteiger charge is -2.51. The molecule has 2 bridgehead atoms. The Morgan fingerprint density at radius 2 is 2.33 bits per heavy atom. The molecule has 0 saturated carbocycles. The van der Waals surface area contributed by atoms with Gasteiger partial charge >= 0.3 is 0 Å². The highest BCUT2D eigenvalue weighted by atomic mass is 16.2. The van der Waals surface area contributed by atoms with Gasteiger partial charge in [-0.15, -0.1) is 0 Å². The van der Waals surface area contributed by atoms with Crippen LogP contribution in [-0.2, 0) is 4.79 Å². The van der Waals surface area contributed by atoms with Crippen LogP contribution in [0, 0.1) is 0 Å². The highest BCUT2D eigenvalue weighted by molar-refractivity contribution is 5.92. The zero-order valence-corrected chi connectivity index (χ0v) is 7.42. The average Bonchev–Trinajstić information content (AvgIpc) is 2.38. The zero-order chi connectivity index (χ0) is 8.34. The van der Waals surface area contributed by atoms with E-state index < -0.39 is 0 Å². The minimum Gasteiger partial charge on any atom is -0.328 e. The Morgan fingerprint density at radius 3 is 3.00 bits per heavy atom. The molecule has 4 saturated heterocycles. The third-order valence-electron chi connectivity index (χ3n) is 3.83. The fraction of sp³-hybridized carbons (Fsp3) is 0.889. The van der Waals surface area contributed by atoms with Gasteiger partial charge in [0.05, 0.1) is 6.17 Å². The second-order valence-corrected chi connectivity index (χ2v) is 4.28. The number of likely N-dealkylation sites (N-methyl/N-ethyl adjacent to an activating group) is 1. The SMILES string of the molecule is CN1C(=O)C23CCCCN2C1C3. The van der Waals surface area contributed by atoms with Crippen LogP contribution in [0.15, 0.2) is 0 Å². The van der Waals surface area contributed by atoms with Gasteiger partial charge in [0, 0.05) is 20.0 Å². The molecule has 1 amide bonds. The van der Waals surface area contributed by atoms with E-state index in [2.05, 4.69) is 4.90 Å². The van der Waals surface area contributed by atoms with Crippen molar-refractivity contribution in [1.29, 1.82) is 0 Å². The molecular weight excluding hydrogens is 152 g/mol. The van der Waals surface area contributed by atoms with Crippen molar-refractivity contribution in [3.8, 4) is 0 Å². The molecule has 0 aliphatic carbocycles. The van der Waals surface area contributed by atoms with E-state index in [1.165, 1.54) is 12.8 Å². The molecule has 0 aromatic carbocycles. The number of carbonyl (C=O) groups excluding carboxylic acids is 1. The molecule has 0 aromatic rings. The first-order chi connectivity index (χ1) is 5.76. The number of nitrogens with zero attached hydrogens (tertiary/aromatic N) is 2. The van der Waals surface area contributed by atoms with E-state index in [1.54, 1.807) is 0 Å². The van der Waals surface area contributed by atoms with Crippen molar-refractivity contribution in [3.05, 3.63) is 0 Å². The molecule has 66 valence electrons. The number of fused-ring (bicyclic) bond motifs is 1. The van der Waals surface area contributed by atoms with E-state index in [9.17, 15) is 4.79 Å². The molecule has 3 nitrogen and oxygen atoms in total. The van der Waals surface area contributed by atoms with Crippen LogP contribution in [0.5, 0.6) is 0 Å². The predicted octanol–water partition coefficient (Wildman–Crippen LogP) is 0.413. The van der Waals surface area contributed by atoms with Crippen LogP contribution in [0.25, 0.3) is 0 Å². The molecule has 4 rings (SSSR count). The second kappa shape index (κ2) is 1.84. The lowest BCUT2D eigenvalue weighted by Crippen LogP contribution is -2.63. The van der Waals surface area contributed by atoms with Gasteiger partial charge in [0.25, 0.3) is 0 Å². The molecule has 2 atom stereocenters. The largest absolute Gasteiger partial charge is 0.328 e. The van der Waals surface area contributed by atoms with E-state index in [0.29, 0.717) is 12.1 Å². The Balaban J connectivity index is 2.00. The first kappa shape index (κ1) is 6.89. The number of carbonyl (C=O) groups is 1. The van der Waals surface area contributed by atoms with Gasteiger partial charge in [-0.05, 0) is 19.3 Å². The Kier molecular flexibility index (Phi) is 1.06. The maximum atomic E-state index is 11.8. The predicted molar refractivity (Wildman–Crippen MR) is 44.5 cm³/mol. The fourth-order valence-corrected chi connectivity index (χ4v) is 3.14. The van der Waals surface area contributed by atoms with Gasteiger partial charge in [-0.25, -0.2) is 0 Å². The van der Waals surface area contributed by atoms with Gasteiger partial charge in [0.2, 0.25) is 5.91 Å². The van der Waals surface area contributed by atoms with Crippen LogP contribution < -0.4 is 0 Å². The number of piperidine rings is 1. The summed E-state index contributed by atoms with van der Waals surface area (Å²) in [6.45, 7) is 1.14. The van der Waals surface area contributed by atoms with Crippen molar-refractivity contribution in [1.82, 2.24) is 9.80 Å². The molecule has 4 fully saturated rings. The van der Waals surface area contributed by atoms with Crippen molar-refractivity contribution < 1.29 is 4.79 Å². The number of amides is 1. The molecule has 3 heteroatoms. The highest BCUT2D eigenvalue weighted by Gasteiger charge is 2.66. The van der Waals surface area contributed by atoms with Gasteiger partial charge in [-0.3, -0.25) is 9.69 Å². The van der Waals surface area contributed by atoms with Gasteiger partial charge in [-0.1, -0.05) is 0 Å². The normalized spacial score (nSPS) is 45.9. The quantitative estimate of drug-likeness (QED) is 0.520. The van der Waals surface area contributed by atoms with Crippen LogP contribution in [-0.4, -0.2) is 41.0 Å². The van der Waals surface area contributed by atoms with E-state index >= 15 is 0 Å². The first-order valence-electron chi connectivity index (χ1n) is 4.80. The Hall–Kier alpha value is -0.570. The molecule has 12 heavy (non-hydrogen) atoms. The minimum absolute atomic E-state index is 0.0162. The van der Waals surface area contributed by atoms with Crippen LogP contribution in [0.3, 0.4) is 0 Å². The van der Waals surface area contributed by atoms with Crippen molar-refractivity contribution in [2.45, 2.75) is 37.4 Å². The number of hydrogen-bond acceptors (Lipinski definition) is 2. The van der Waals surface area contributed by atoms with Gasteiger partial charge in [0.15, 0.2) is 0 Å². The topological polar surface area (TPSA) is 23.6 Å². The summed E-state index contributed by atoms with van der Waals surface area (Å²) in [5.41, 5.74) is -0.0162. The van der Waals surface area contributed by atoms with E-state index in [1.807, 2.05) is 11.9 Å². The molecule has 0 aromatic heterocycles. The third-order valence-corrected chi connectivity index (χ3v) is 3.83. The molecule has 2 unspecified atom stereocenters. The van der Waals surface area contributed by atoms with Crippen molar-refractivity contribution >= 4 is 5.91 Å². The summed E-state index contributed by atoms with van der Waals surface area (Å²) >= 11 is 0. The Bertz CT molecular complexity index is 249. The fourth-order valence-electron chi connectivity index (χ4n) is 3.14. The summed E-state index contributed by atoms with van der Waals surface area (Å²) in [6, 6.07) is 0. The third kappa shape index (κ3) is 0.505.